The van der Waals surface area contributed by atoms with Crippen LogP contribution in [-0.4, -0.2) is 47.0 Å². The van der Waals surface area contributed by atoms with E-state index in [9.17, 15) is 4.79 Å². The lowest BCUT2D eigenvalue weighted by Crippen LogP contribution is -2.47. The molecule has 1 aromatic carbocycles. The van der Waals surface area contributed by atoms with Crippen LogP contribution in [0.1, 0.15) is 41.4 Å². The number of anilines is 3. The lowest BCUT2D eigenvalue weighted by Gasteiger charge is -2.37. The molecule has 0 unspecified atom stereocenters. The third-order valence-electron chi connectivity index (χ3n) is 5.70. The third-order valence-corrected chi connectivity index (χ3v) is 5.70. The zero-order chi connectivity index (χ0) is 21.8. The minimum absolute atomic E-state index is 0.135. The lowest BCUT2D eigenvalue weighted by molar-refractivity contribution is 0.102. The topological polar surface area (TPSA) is 74.2 Å². The number of piperazine rings is 1. The average molecular weight is 417 g/mol. The molecule has 2 aromatic heterocycles. The van der Waals surface area contributed by atoms with E-state index in [4.69, 9.17) is 0 Å². The Labute approximate surface area is 183 Å². The van der Waals surface area contributed by atoms with Gasteiger partial charge >= 0.3 is 0 Å². The van der Waals surface area contributed by atoms with Crippen molar-refractivity contribution in [2.45, 2.75) is 26.7 Å². The zero-order valence-electron chi connectivity index (χ0n) is 18.2. The first kappa shape index (κ1) is 20.8. The van der Waals surface area contributed by atoms with Crippen molar-refractivity contribution in [2.24, 2.45) is 0 Å². The number of amides is 1. The van der Waals surface area contributed by atoms with E-state index in [1.165, 1.54) is 5.56 Å². The van der Waals surface area contributed by atoms with E-state index >= 15 is 0 Å². The molecule has 0 spiro atoms. The molecular weight excluding hydrogens is 388 g/mol. The van der Waals surface area contributed by atoms with Crippen molar-refractivity contribution >= 4 is 23.1 Å². The van der Waals surface area contributed by atoms with Crippen molar-refractivity contribution in [3.8, 4) is 0 Å². The fourth-order valence-electron chi connectivity index (χ4n) is 3.84. The molecule has 3 heterocycles. The Balaban J connectivity index is 1.57. The van der Waals surface area contributed by atoms with Gasteiger partial charge in [-0.2, -0.15) is 0 Å². The number of hydrogen-bond donors (Lipinski definition) is 1. The molecule has 1 aliphatic heterocycles. The summed E-state index contributed by atoms with van der Waals surface area (Å²) in [6.45, 7) is 9.63. The molecule has 0 aliphatic carbocycles. The maximum atomic E-state index is 12.9. The highest BCUT2D eigenvalue weighted by Crippen LogP contribution is 2.32. The fourth-order valence-corrected chi connectivity index (χ4v) is 3.84. The quantitative estimate of drug-likeness (QED) is 0.680. The van der Waals surface area contributed by atoms with Gasteiger partial charge in [-0.1, -0.05) is 19.9 Å². The van der Waals surface area contributed by atoms with Crippen molar-refractivity contribution in [2.75, 3.05) is 41.3 Å². The van der Waals surface area contributed by atoms with E-state index in [0.29, 0.717) is 11.5 Å². The van der Waals surface area contributed by atoms with Gasteiger partial charge in [0.15, 0.2) is 0 Å². The second kappa shape index (κ2) is 9.12. The number of hydrogen-bond acceptors (Lipinski definition) is 6. The molecule has 1 aliphatic rings. The normalized spacial score (nSPS) is 14.1. The smallest absolute Gasteiger partial charge is 0.257 e. The van der Waals surface area contributed by atoms with Gasteiger partial charge < -0.3 is 15.1 Å². The van der Waals surface area contributed by atoms with Crippen molar-refractivity contribution < 1.29 is 4.79 Å². The van der Waals surface area contributed by atoms with Gasteiger partial charge in [-0.05, 0) is 48.7 Å². The predicted molar refractivity (Wildman–Crippen MR) is 124 cm³/mol. The van der Waals surface area contributed by atoms with E-state index in [1.54, 1.807) is 30.9 Å². The van der Waals surface area contributed by atoms with Crippen LogP contribution < -0.4 is 15.1 Å². The summed E-state index contributed by atoms with van der Waals surface area (Å²) >= 11 is 0. The van der Waals surface area contributed by atoms with Gasteiger partial charge in [0.25, 0.3) is 5.91 Å². The largest absolute Gasteiger partial charge is 0.366 e. The molecule has 4 rings (SSSR count). The number of carbonyl (C=O) groups excluding carboxylic acids is 1. The fraction of sp³-hybridized carbons (Fsp3) is 0.333. The number of pyridine rings is 1. The summed E-state index contributed by atoms with van der Waals surface area (Å²) in [4.78, 5) is 30.2. The van der Waals surface area contributed by atoms with Gasteiger partial charge in [-0.25, -0.2) is 9.97 Å². The van der Waals surface area contributed by atoms with Crippen molar-refractivity contribution in [1.29, 1.82) is 0 Å². The van der Waals surface area contributed by atoms with Crippen LogP contribution in [0, 0.1) is 6.92 Å². The third kappa shape index (κ3) is 4.66. The number of nitrogens with one attached hydrogen (secondary N) is 1. The van der Waals surface area contributed by atoms with Gasteiger partial charge in [0.05, 0.1) is 16.9 Å². The second-order valence-electron chi connectivity index (χ2n) is 8.06. The van der Waals surface area contributed by atoms with Gasteiger partial charge in [0, 0.05) is 44.3 Å². The molecule has 1 fully saturated rings. The van der Waals surface area contributed by atoms with Crippen LogP contribution in [0.25, 0.3) is 0 Å². The Morgan fingerprint density at radius 2 is 1.77 bits per heavy atom. The van der Waals surface area contributed by atoms with E-state index < -0.39 is 0 Å². The molecule has 3 aromatic rings. The van der Waals surface area contributed by atoms with Crippen LogP contribution in [0.15, 0.2) is 55.1 Å². The molecule has 0 saturated carbocycles. The highest BCUT2D eigenvalue weighted by atomic mass is 16.1. The molecule has 0 atom stereocenters. The number of rotatable bonds is 5. The summed E-state index contributed by atoms with van der Waals surface area (Å²) < 4.78 is 0. The molecule has 0 bridgehead atoms. The molecule has 31 heavy (non-hydrogen) atoms. The average Bonchev–Trinajstić information content (AvgIpc) is 2.80. The summed E-state index contributed by atoms with van der Waals surface area (Å²) in [6.07, 6.45) is 5.06. The molecule has 1 saturated heterocycles. The number of aryl methyl sites for hydroxylation is 1. The van der Waals surface area contributed by atoms with Crippen LogP contribution in [-0.2, 0) is 0 Å². The highest BCUT2D eigenvalue weighted by molar-refractivity contribution is 6.06. The first-order chi connectivity index (χ1) is 15.0. The van der Waals surface area contributed by atoms with Crippen LogP contribution in [0.2, 0.25) is 0 Å². The molecule has 7 nitrogen and oxygen atoms in total. The van der Waals surface area contributed by atoms with Gasteiger partial charge in [-0.15, -0.1) is 0 Å². The summed E-state index contributed by atoms with van der Waals surface area (Å²) in [7, 11) is 0. The van der Waals surface area contributed by atoms with Gasteiger partial charge in [-0.3, -0.25) is 9.78 Å². The minimum atomic E-state index is -0.135. The zero-order valence-corrected chi connectivity index (χ0v) is 18.2. The van der Waals surface area contributed by atoms with E-state index in [-0.39, 0.29) is 5.91 Å². The Bertz CT molecular complexity index is 1040. The monoisotopic (exact) mass is 416 g/mol. The van der Waals surface area contributed by atoms with Gasteiger partial charge in [0.1, 0.15) is 12.1 Å². The Morgan fingerprint density at radius 3 is 2.45 bits per heavy atom. The lowest BCUT2D eigenvalue weighted by atomic mass is 10.0. The summed E-state index contributed by atoms with van der Waals surface area (Å²) in [6, 6.07) is 11.9. The first-order valence-corrected chi connectivity index (χ1v) is 10.7. The van der Waals surface area contributed by atoms with Crippen molar-refractivity contribution in [1.82, 2.24) is 15.0 Å². The molecule has 1 amide bonds. The standard InChI is InChI=1S/C24H28N6O/c1-17(2)19-6-7-21(28-24(31)20-5-4-9-26-18(20)3)22(15-19)29-11-13-30(14-12-29)23-8-10-25-16-27-23/h4-10,15-17H,11-14H2,1-3H3,(H,28,31). The van der Waals surface area contributed by atoms with E-state index in [1.807, 2.05) is 19.1 Å². The number of nitrogens with zero attached hydrogens (tertiary/aromatic N) is 5. The molecule has 160 valence electrons. The summed E-state index contributed by atoms with van der Waals surface area (Å²) in [5, 5.41) is 3.12. The Hall–Kier alpha value is -3.48. The van der Waals surface area contributed by atoms with Crippen molar-refractivity contribution in [3.63, 3.8) is 0 Å². The maximum Gasteiger partial charge on any atom is 0.257 e. The van der Waals surface area contributed by atoms with E-state index in [0.717, 1.165) is 49.1 Å². The number of aromatic nitrogens is 3. The molecule has 1 N–H and O–H groups in total. The molecular formula is C24H28N6O. The Morgan fingerprint density at radius 1 is 1.00 bits per heavy atom. The van der Waals surface area contributed by atoms with Crippen LogP contribution in [0.4, 0.5) is 17.2 Å². The number of benzene rings is 1. The molecule has 0 radical (unpaired) electrons. The predicted octanol–water partition coefficient (Wildman–Crippen LogP) is 3.88. The van der Waals surface area contributed by atoms with Crippen molar-refractivity contribution in [3.05, 3.63) is 71.9 Å². The van der Waals surface area contributed by atoms with E-state index in [2.05, 4.69) is 56.0 Å². The minimum Gasteiger partial charge on any atom is -0.366 e. The molecule has 7 heteroatoms. The second-order valence-corrected chi connectivity index (χ2v) is 8.06. The number of carbonyl (C=O) groups is 1. The van der Waals surface area contributed by atoms with Gasteiger partial charge in [0.2, 0.25) is 0 Å². The summed E-state index contributed by atoms with van der Waals surface area (Å²) in [5.41, 5.74) is 4.45. The van der Waals surface area contributed by atoms with Crippen LogP contribution in [0.5, 0.6) is 0 Å². The maximum absolute atomic E-state index is 12.9. The Kier molecular flexibility index (Phi) is 6.11. The SMILES string of the molecule is Cc1ncccc1C(=O)Nc1ccc(C(C)C)cc1N1CCN(c2ccncn2)CC1. The van der Waals surface area contributed by atoms with Crippen LogP contribution >= 0.6 is 0 Å². The highest BCUT2D eigenvalue weighted by Gasteiger charge is 2.22. The van der Waals surface area contributed by atoms with Crippen LogP contribution in [0.3, 0.4) is 0 Å². The summed E-state index contributed by atoms with van der Waals surface area (Å²) in [5.74, 6) is 1.22. The first-order valence-electron chi connectivity index (χ1n) is 10.7.